The highest BCUT2D eigenvalue weighted by Crippen LogP contribution is 2.36. The Morgan fingerprint density at radius 1 is 1.12 bits per heavy atom. The molecular weight excluding hydrogens is 454 g/mol. The number of unbranched alkanes of at least 4 members (excludes halogenated alkanes) is 5. The Balaban J connectivity index is 1.99. The number of aryl methyl sites for hydroxylation is 1. The summed E-state index contributed by atoms with van der Waals surface area (Å²) in [5.74, 6) is 0.186. The Bertz CT molecular complexity index is 869. The predicted molar refractivity (Wildman–Crippen MR) is 119 cm³/mol. The second-order valence-electron chi connectivity index (χ2n) is 7.31. The highest BCUT2D eigenvalue weighted by molar-refractivity contribution is 9.10. The number of halogens is 2. The Hall–Kier alpha value is -0.870. The van der Waals surface area contributed by atoms with Crippen LogP contribution in [0.5, 0.6) is 0 Å². The van der Waals surface area contributed by atoms with Crippen molar-refractivity contribution in [3.05, 3.63) is 50.2 Å². The van der Waals surface area contributed by atoms with Crippen molar-refractivity contribution >= 4 is 48.8 Å². The van der Waals surface area contributed by atoms with Crippen molar-refractivity contribution in [2.45, 2.75) is 69.7 Å². The standard InChI is InChI=1S/C22H27Br2NO/c1-3-4-5-6-7-8-13-25-20-14-16(23)9-10-17(20)18-11-12-19(24)15(2)21(18)22(25)26/h9-12,14-15,19H,3-8,13H2,1-2H3. The van der Waals surface area contributed by atoms with Gasteiger partial charge in [-0.05, 0) is 24.1 Å². The van der Waals surface area contributed by atoms with Gasteiger partial charge in [0.2, 0.25) is 0 Å². The summed E-state index contributed by atoms with van der Waals surface area (Å²) in [6.07, 6.45) is 11.7. The van der Waals surface area contributed by atoms with Crippen LogP contribution in [0.25, 0.3) is 17.0 Å². The minimum Gasteiger partial charge on any atom is -0.308 e. The summed E-state index contributed by atoms with van der Waals surface area (Å²) in [6.45, 7) is 5.18. The average Bonchev–Trinajstić information content (AvgIpc) is 2.62. The van der Waals surface area contributed by atoms with Crippen LogP contribution in [-0.2, 0) is 6.54 Å². The third kappa shape index (κ3) is 4.01. The summed E-state index contributed by atoms with van der Waals surface area (Å²) in [6, 6.07) is 6.30. The van der Waals surface area contributed by atoms with Crippen molar-refractivity contribution in [1.82, 2.24) is 4.57 Å². The topological polar surface area (TPSA) is 22.0 Å². The number of rotatable bonds is 7. The molecule has 0 radical (unpaired) electrons. The molecule has 2 atom stereocenters. The Labute approximate surface area is 172 Å². The molecule has 26 heavy (non-hydrogen) atoms. The van der Waals surface area contributed by atoms with Gasteiger partial charge in [-0.15, -0.1) is 0 Å². The van der Waals surface area contributed by atoms with E-state index < -0.39 is 0 Å². The smallest absolute Gasteiger partial charge is 0.255 e. The van der Waals surface area contributed by atoms with E-state index in [1.807, 2.05) is 4.57 Å². The van der Waals surface area contributed by atoms with Crippen molar-refractivity contribution in [3.8, 4) is 0 Å². The number of hydrogen-bond acceptors (Lipinski definition) is 1. The van der Waals surface area contributed by atoms with Crippen LogP contribution in [0.1, 0.15) is 69.4 Å². The molecule has 0 spiro atoms. The minimum absolute atomic E-state index is 0.181. The van der Waals surface area contributed by atoms with Crippen LogP contribution in [0.4, 0.5) is 0 Å². The monoisotopic (exact) mass is 479 g/mol. The molecule has 0 N–H and O–H groups in total. The molecule has 1 aromatic carbocycles. The third-order valence-electron chi connectivity index (χ3n) is 5.42. The molecule has 0 fully saturated rings. The van der Waals surface area contributed by atoms with Crippen LogP contribution < -0.4 is 5.56 Å². The van der Waals surface area contributed by atoms with Crippen molar-refractivity contribution in [3.63, 3.8) is 0 Å². The molecule has 0 aliphatic heterocycles. The number of alkyl halides is 1. The maximum absolute atomic E-state index is 13.4. The maximum atomic E-state index is 13.4. The summed E-state index contributed by atoms with van der Waals surface area (Å²) >= 11 is 7.28. The lowest BCUT2D eigenvalue weighted by molar-refractivity contribution is 0.554. The van der Waals surface area contributed by atoms with E-state index in [1.54, 1.807) is 0 Å². The highest BCUT2D eigenvalue weighted by Gasteiger charge is 2.26. The quantitative estimate of drug-likeness (QED) is 0.308. The summed E-state index contributed by atoms with van der Waals surface area (Å²) in [7, 11) is 0. The molecule has 1 aliphatic rings. The molecule has 2 nitrogen and oxygen atoms in total. The number of pyridine rings is 1. The lowest BCUT2D eigenvalue weighted by Gasteiger charge is -2.25. The first-order valence-electron chi connectivity index (χ1n) is 9.72. The Morgan fingerprint density at radius 2 is 1.85 bits per heavy atom. The molecule has 4 heteroatoms. The number of nitrogens with zero attached hydrogens (tertiary/aromatic N) is 1. The molecule has 1 aliphatic carbocycles. The summed E-state index contributed by atoms with van der Waals surface area (Å²) in [5, 5.41) is 1.18. The number of aromatic nitrogens is 1. The van der Waals surface area contributed by atoms with Crippen molar-refractivity contribution in [2.75, 3.05) is 0 Å². The molecule has 3 rings (SSSR count). The van der Waals surface area contributed by atoms with E-state index in [-0.39, 0.29) is 16.3 Å². The molecule has 2 aromatic rings. The fraction of sp³-hybridized carbons (Fsp3) is 0.500. The summed E-state index contributed by atoms with van der Waals surface area (Å²) in [5.41, 5.74) is 3.28. The van der Waals surface area contributed by atoms with Gasteiger partial charge < -0.3 is 4.57 Å². The number of benzene rings is 1. The molecule has 1 heterocycles. The molecule has 0 saturated heterocycles. The van der Waals surface area contributed by atoms with Crippen LogP contribution in [0.3, 0.4) is 0 Å². The first-order chi connectivity index (χ1) is 12.5. The summed E-state index contributed by atoms with van der Waals surface area (Å²) in [4.78, 5) is 13.6. The first kappa shape index (κ1) is 19.9. The van der Waals surface area contributed by atoms with E-state index in [1.165, 1.54) is 37.5 Å². The van der Waals surface area contributed by atoms with Crippen LogP contribution in [0.15, 0.2) is 33.5 Å². The van der Waals surface area contributed by atoms with Gasteiger partial charge in [0.1, 0.15) is 0 Å². The van der Waals surface area contributed by atoms with Gasteiger partial charge in [-0.3, -0.25) is 4.79 Å². The van der Waals surface area contributed by atoms with Crippen LogP contribution in [0, 0.1) is 0 Å². The van der Waals surface area contributed by atoms with Gasteiger partial charge in [-0.25, -0.2) is 0 Å². The van der Waals surface area contributed by atoms with Crippen molar-refractivity contribution < 1.29 is 0 Å². The second kappa shape index (κ2) is 8.88. The van der Waals surface area contributed by atoms with E-state index in [2.05, 4.69) is 76.1 Å². The van der Waals surface area contributed by atoms with Crippen molar-refractivity contribution in [1.29, 1.82) is 0 Å². The number of fused-ring (bicyclic) bond motifs is 3. The Morgan fingerprint density at radius 3 is 2.62 bits per heavy atom. The van der Waals surface area contributed by atoms with E-state index in [4.69, 9.17) is 0 Å². The van der Waals surface area contributed by atoms with Gasteiger partial charge in [-0.2, -0.15) is 0 Å². The molecule has 140 valence electrons. The highest BCUT2D eigenvalue weighted by atomic mass is 79.9. The molecular formula is C22H27Br2NO. The SMILES string of the molecule is CCCCCCCCn1c(=O)c2c(c3ccc(Br)cc31)C=CC(Br)C2C. The van der Waals surface area contributed by atoms with Gasteiger partial charge in [0.15, 0.2) is 0 Å². The van der Waals surface area contributed by atoms with E-state index in [0.29, 0.717) is 0 Å². The second-order valence-corrected chi connectivity index (χ2v) is 9.28. The number of allylic oxidation sites excluding steroid dienone is 1. The third-order valence-corrected chi connectivity index (χ3v) is 7.01. The predicted octanol–water partition coefficient (Wildman–Crippen LogP) is 7.02. The van der Waals surface area contributed by atoms with Gasteiger partial charge in [-0.1, -0.05) is 96.0 Å². The Kier molecular flexibility index (Phi) is 6.79. The zero-order chi connectivity index (χ0) is 18.7. The minimum atomic E-state index is 0.181. The van der Waals surface area contributed by atoms with E-state index in [9.17, 15) is 4.79 Å². The summed E-state index contributed by atoms with van der Waals surface area (Å²) < 4.78 is 3.03. The fourth-order valence-electron chi connectivity index (χ4n) is 3.88. The lowest BCUT2D eigenvalue weighted by Crippen LogP contribution is -2.30. The van der Waals surface area contributed by atoms with E-state index in [0.717, 1.165) is 34.1 Å². The number of hydrogen-bond donors (Lipinski definition) is 0. The normalized spacial score (nSPS) is 19.1. The van der Waals surface area contributed by atoms with Gasteiger partial charge in [0.25, 0.3) is 5.56 Å². The average molecular weight is 481 g/mol. The zero-order valence-electron chi connectivity index (χ0n) is 15.6. The lowest BCUT2D eigenvalue weighted by atomic mass is 9.87. The molecule has 0 amide bonds. The molecule has 2 unspecified atom stereocenters. The van der Waals surface area contributed by atoms with Crippen molar-refractivity contribution in [2.24, 2.45) is 0 Å². The van der Waals surface area contributed by atoms with Crippen LogP contribution in [-0.4, -0.2) is 9.39 Å². The maximum Gasteiger partial charge on any atom is 0.255 e. The van der Waals surface area contributed by atoms with Gasteiger partial charge >= 0.3 is 0 Å². The van der Waals surface area contributed by atoms with Crippen LogP contribution >= 0.6 is 31.9 Å². The molecule has 1 aromatic heterocycles. The van der Waals surface area contributed by atoms with Gasteiger partial charge in [0.05, 0.1) is 5.52 Å². The molecule has 0 saturated carbocycles. The van der Waals surface area contributed by atoms with E-state index >= 15 is 0 Å². The fourth-order valence-corrected chi connectivity index (χ4v) is 4.64. The van der Waals surface area contributed by atoms with Crippen LogP contribution in [0.2, 0.25) is 0 Å². The largest absolute Gasteiger partial charge is 0.308 e. The molecule has 0 bridgehead atoms. The first-order valence-corrected chi connectivity index (χ1v) is 11.4. The zero-order valence-corrected chi connectivity index (χ0v) is 18.8. The van der Waals surface area contributed by atoms with Gasteiger partial charge in [0, 0.05) is 32.7 Å².